The highest BCUT2D eigenvalue weighted by Crippen LogP contribution is 2.31. The zero-order valence-corrected chi connectivity index (χ0v) is 23.5. The lowest BCUT2D eigenvalue weighted by atomic mass is 9.96. The van der Waals surface area contributed by atoms with Gasteiger partial charge in [0, 0.05) is 16.7 Å². The Morgan fingerprint density at radius 2 is 1.68 bits per heavy atom. The van der Waals surface area contributed by atoms with Crippen molar-refractivity contribution in [2.75, 3.05) is 13.2 Å². The van der Waals surface area contributed by atoms with Gasteiger partial charge >= 0.3 is 11.9 Å². The average Bonchev–Trinajstić information content (AvgIpc) is 3.53. The molecule has 0 bridgehead atoms. The molecule has 0 amide bonds. The van der Waals surface area contributed by atoms with E-state index in [0.717, 1.165) is 5.56 Å². The van der Waals surface area contributed by atoms with E-state index < -0.39 is 12.0 Å². The second-order valence-electron chi connectivity index (χ2n) is 8.85. The highest BCUT2D eigenvalue weighted by Gasteiger charge is 2.33. The molecule has 0 saturated heterocycles. The first-order valence-corrected chi connectivity index (χ1v) is 13.8. The molecule has 1 atom stereocenters. The van der Waals surface area contributed by atoms with Crippen LogP contribution in [0.15, 0.2) is 86.1 Å². The number of allylic oxidation sites excluding steroid dienone is 1. The van der Waals surface area contributed by atoms with Crippen LogP contribution < -0.4 is 14.9 Å². The van der Waals surface area contributed by atoms with Gasteiger partial charge in [-0.1, -0.05) is 47.2 Å². The molecular formula is C30H25ClN2O6S. The average molecular weight is 577 g/mol. The summed E-state index contributed by atoms with van der Waals surface area (Å²) < 4.78 is 18.3. The van der Waals surface area contributed by atoms with E-state index in [1.54, 1.807) is 87.5 Å². The number of thiazole rings is 1. The molecular weight excluding hydrogens is 552 g/mol. The van der Waals surface area contributed by atoms with Gasteiger partial charge in [-0.15, -0.1) is 0 Å². The van der Waals surface area contributed by atoms with Crippen molar-refractivity contribution in [3.05, 3.63) is 114 Å². The van der Waals surface area contributed by atoms with Gasteiger partial charge in [0.1, 0.15) is 11.5 Å². The minimum Gasteiger partial charge on any atom is -0.463 e. The Kier molecular flexibility index (Phi) is 7.86. The summed E-state index contributed by atoms with van der Waals surface area (Å²) in [7, 11) is 0. The van der Waals surface area contributed by atoms with Crippen LogP contribution in [0.1, 0.15) is 48.5 Å². The van der Waals surface area contributed by atoms with Crippen LogP contribution in [0.5, 0.6) is 0 Å². The summed E-state index contributed by atoms with van der Waals surface area (Å²) in [6, 6.07) is 16.7. The highest BCUT2D eigenvalue weighted by molar-refractivity contribution is 7.07. The maximum Gasteiger partial charge on any atom is 0.338 e. The standard InChI is InChI=1S/C30H25ClN2O6S/c1-4-37-28(35)20-8-6-18(7-9-20)23-15-14-22(39-23)16-24-27(34)33-26(19-10-12-21(31)13-11-19)25(29(36)38-5-2)17(3)32-30(33)40-24/h6-16,26H,4-5H2,1-3H3. The molecule has 2 aromatic carbocycles. The number of ether oxygens (including phenoxy) is 2. The van der Waals surface area contributed by atoms with Crippen LogP contribution in [0.4, 0.5) is 0 Å². The lowest BCUT2D eigenvalue weighted by molar-refractivity contribution is -0.139. The largest absolute Gasteiger partial charge is 0.463 e. The van der Waals surface area contributed by atoms with Crippen LogP contribution in [0.3, 0.4) is 0 Å². The van der Waals surface area contributed by atoms with E-state index in [4.69, 9.17) is 25.5 Å². The van der Waals surface area contributed by atoms with E-state index in [1.165, 1.54) is 15.9 Å². The summed E-state index contributed by atoms with van der Waals surface area (Å²) in [5.41, 5.74) is 2.40. The molecule has 8 nitrogen and oxygen atoms in total. The molecule has 0 saturated carbocycles. The zero-order chi connectivity index (χ0) is 28.4. The van der Waals surface area contributed by atoms with Gasteiger partial charge in [-0.25, -0.2) is 14.6 Å². The Hall–Kier alpha value is -4.21. The van der Waals surface area contributed by atoms with E-state index in [9.17, 15) is 14.4 Å². The number of benzene rings is 2. The summed E-state index contributed by atoms with van der Waals surface area (Å²) in [4.78, 5) is 43.7. The fourth-order valence-corrected chi connectivity index (χ4v) is 5.60. The third-order valence-electron chi connectivity index (χ3n) is 6.28. The Morgan fingerprint density at radius 3 is 2.35 bits per heavy atom. The van der Waals surface area contributed by atoms with Gasteiger partial charge in [-0.2, -0.15) is 0 Å². The van der Waals surface area contributed by atoms with E-state index in [0.29, 0.717) is 54.9 Å². The van der Waals surface area contributed by atoms with Crippen LogP contribution in [0.25, 0.3) is 17.4 Å². The number of carbonyl (C=O) groups is 2. The molecule has 0 spiro atoms. The lowest BCUT2D eigenvalue weighted by Crippen LogP contribution is -2.39. The number of hydrogen-bond acceptors (Lipinski definition) is 8. The monoisotopic (exact) mass is 576 g/mol. The molecule has 4 aromatic rings. The summed E-state index contributed by atoms with van der Waals surface area (Å²) >= 11 is 7.32. The minimum absolute atomic E-state index is 0.194. The van der Waals surface area contributed by atoms with Crippen molar-refractivity contribution in [2.45, 2.75) is 26.8 Å². The number of hydrogen-bond donors (Lipinski definition) is 0. The molecule has 0 radical (unpaired) electrons. The van der Waals surface area contributed by atoms with E-state index in [2.05, 4.69) is 4.99 Å². The predicted octanol–water partition coefficient (Wildman–Crippen LogP) is 4.89. The number of esters is 2. The second-order valence-corrected chi connectivity index (χ2v) is 10.3. The Bertz CT molecular complexity index is 1800. The molecule has 3 heterocycles. The molecule has 0 N–H and O–H groups in total. The third kappa shape index (κ3) is 5.30. The van der Waals surface area contributed by atoms with Gasteiger partial charge in [-0.3, -0.25) is 9.36 Å². The highest BCUT2D eigenvalue weighted by atomic mass is 35.5. The van der Waals surface area contributed by atoms with Gasteiger partial charge < -0.3 is 13.9 Å². The molecule has 204 valence electrons. The fraction of sp³-hybridized carbons (Fsp3) is 0.200. The summed E-state index contributed by atoms with van der Waals surface area (Å²) in [6.45, 7) is 5.72. The van der Waals surface area contributed by atoms with Crippen molar-refractivity contribution >= 4 is 41.0 Å². The lowest BCUT2D eigenvalue weighted by Gasteiger charge is -2.24. The van der Waals surface area contributed by atoms with Crippen molar-refractivity contribution in [3.63, 3.8) is 0 Å². The summed E-state index contributed by atoms with van der Waals surface area (Å²) in [5, 5.41) is 0.540. The molecule has 0 fully saturated rings. The number of fused-ring (bicyclic) bond motifs is 1. The number of rotatable bonds is 7. The van der Waals surface area contributed by atoms with E-state index in [1.807, 2.05) is 0 Å². The van der Waals surface area contributed by atoms with Crippen LogP contribution in [0.2, 0.25) is 5.02 Å². The Morgan fingerprint density at radius 1 is 1.00 bits per heavy atom. The van der Waals surface area contributed by atoms with Gasteiger partial charge in [-0.05, 0) is 62.7 Å². The van der Waals surface area contributed by atoms with Crippen LogP contribution >= 0.6 is 22.9 Å². The Labute approximate surface area is 238 Å². The number of nitrogens with zero attached hydrogens (tertiary/aromatic N) is 2. The first-order chi connectivity index (χ1) is 19.3. The quantitative estimate of drug-likeness (QED) is 0.291. The minimum atomic E-state index is -0.722. The first-order valence-electron chi connectivity index (χ1n) is 12.6. The maximum absolute atomic E-state index is 13.7. The third-order valence-corrected chi connectivity index (χ3v) is 7.52. The normalized spacial score (nSPS) is 15.0. The van der Waals surface area contributed by atoms with E-state index in [-0.39, 0.29) is 18.1 Å². The maximum atomic E-state index is 13.7. The van der Waals surface area contributed by atoms with Crippen molar-refractivity contribution in [1.82, 2.24) is 4.57 Å². The molecule has 10 heteroatoms. The number of halogens is 1. The number of carbonyl (C=O) groups excluding carboxylic acids is 2. The fourth-order valence-electron chi connectivity index (χ4n) is 4.45. The van der Waals surface area contributed by atoms with Crippen LogP contribution in [0, 0.1) is 0 Å². The summed E-state index contributed by atoms with van der Waals surface area (Å²) in [5.74, 6) is 0.137. The smallest absolute Gasteiger partial charge is 0.338 e. The van der Waals surface area contributed by atoms with Gasteiger partial charge in [0.15, 0.2) is 4.80 Å². The molecule has 40 heavy (non-hydrogen) atoms. The SMILES string of the molecule is CCOC(=O)C1=C(C)N=c2sc(=Cc3ccc(-c4ccc(C(=O)OCC)cc4)o3)c(=O)n2C1c1ccc(Cl)cc1. The summed E-state index contributed by atoms with van der Waals surface area (Å²) in [6.07, 6.45) is 1.66. The van der Waals surface area contributed by atoms with E-state index >= 15 is 0 Å². The zero-order valence-electron chi connectivity index (χ0n) is 22.0. The van der Waals surface area contributed by atoms with Crippen molar-refractivity contribution in [2.24, 2.45) is 4.99 Å². The molecule has 1 aliphatic rings. The van der Waals surface area contributed by atoms with Crippen LogP contribution in [-0.2, 0) is 14.3 Å². The number of furan rings is 1. The topological polar surface area (TPSA) is 100 Å². The molecule has 1 unspecified atom stereocenters. The van der Waals surface area contributed by atoms with Gasteiger partial charge in [0.25, 0.3) is 5.56 Å². The van der Waals surface area contributed by atoms with Crippen molar-refractivity contribution in [3.8, 4) is 11.3 Å². The second kappa shape index (κ2) is 11.5. The number of aromatic nitrogens is 1. The molecule has 5 rings (SSSR count). The van der Waals surface area contributed by atoms with Gasteiger partial charge in [0.05, 0.1) is 40.6 Å². The molecule has 2 aromatic heterocycles. The predicted molar refractivity (Wildman–Crippen MR) is 152 cm³/mol. The van der Waals surface area contributed by atoms with Gasteiger partial charge in [0.2, 0.25) is 0 Å². The Balaban J connectivity index is 1.54. The van der Waals surface area contributed by atoms with Crippen LogP contribution in [-0.4, -0.2) is 29.7 Å². The van der Waals surface area contributed by atoms with Crippen molar-refractivity contribution in [1.29, 1.82) is 0 Å². The molecule has 1 aliphatic heterocycles. The first kappa shape index (κ1) is 27.4. The molecule has 0 aliphatic carbocycles. The van der Waals surface area contributed by atoms with Crippen molar-refractivity contribution < 1.29 is 23.5 Å².